The molecule has 150 valence electrons. The maximum atomic E-state index is 13.1. The van der Waals surface area contributed by atoms with Gasteiger partial charge in [-0.15, -0.1) is 0 Å². The van der Waals surface area contributed by atoms with E-state index in [0.29, 0.717) is 12.2 Å². The molecule has 0 bridgehead atoms. The number of ether oxygens (including phenoxy) is 1. The molecule has 1 atom stereocenters. The number of benzene rings is 2. The SMILES string of the molecule is O=C(NCc1ccccc1C(F)(F)F)c1ncn2c1COC(c1ccccc1)C2. The van der Waals surface area contributed by atoms with E-state index in [1.54, 1.807) is 6.33 Å². The third kappa shape index (κ3) is 4.02. The van der Waals surface area contributed by atoms with E-state index < -0.39 is 17.6 Å². The van der Waals surface area contributed by atoms with Crippen LogP contribution in [-0.2, 0) is 30.6 Å². The van der Waals surface area contributed by atoms with Crippen LogP contribution in [0.1, 0.15) is 39.0 Å². The Hall–Kier alpha value is -3.13. The van der Waals surface area contributed by atoms with Gasteiger partial charge >= 0.3 is 6.18 Å². The molecule has 1 N–H and O–H groups in total. The van der Waals surface area contributed by atoms with Crippen LogP contribution < -0.4 is 5.32 Å². The van der Waals surface area contributed by atoms with E-state index in [-0.39, 0.29) is 30.5 Å². The number of nitrogens with one attached hydrogen (secondary N) is 1. The first kappa shape index (κ1) is 19.2. The predicted molar refractivity (Wildman–Crippen MR) is 98.8 cm³/mol. The van der Waals surface area contributed by atoms with Gasteiger partial charge in [0.05, 0.1) is 30.7 Å². The summed E-state index contributed by atoms with van der Waals surface area (Å²) in [7, 11) is 0. The molecule has 2 aromatic carbocycles. The normalized spacial score (nSPS) is 16.3. The van der Waals surface area contributed by atoms with E-state index in [0.717, 1.165) is 11.6 Å². The van der Waals surface area contributed by atoms with Crippen LogP contribution in [0.5, 0.6) is 0 Å². The lowest BCUT2D eigenvalue weighted by Gasteiger charge is -2.25. The quantitative estimate of drug-likeness (QED) is 0.716. The number of halogens is 3. The Morgan fingerprint density at radius 3 is 2.62 bits per heavy atom. The third-order valence-electron chi connectivity index (χ3n) is 4.88. The molecule has 0 aliphatic carbocycles. The van der Waals surface area contributed by atoms with Crippen LogP contribution in [-0.4, -0.2) is 15.5 Å². The summed E-state index contributed by atoms with van der Waals surface area (Å²) in [5, 5.41) is 2.54. The topological polar surface area (TPSA) is 56.2 Å². The number of alkyl halides is 3. The first-order valence-corrected chi connectivity index (χ1v) is 9.07. The lowest BCUT2D eigenvalue weighted by Crippen LogP contribution is -2.28. The van der Waals surface area contributed by atoms with Gasteiger partial charge in [0, 0.05) is 6.54 Å². The highest BCUT2D eigenvalue weighted by Crippen LogP contribution is 2.32. The summed E-state index contributed by atoms with van der Waals surface area (Å²) in [6.07, 6.45) is -3.06. The number of fused-ring (bicyclic) bond motifs is 1. The second-order valence-electron chi connectivity index (χ2n) is 6.74. The van der Waals surface area contributed by atoms with Crippen LogP contribution in [0.3, 0.4) is 0 Å². The molecule has 2 heterocycles. The average Bonchev–Trinajstić information content (AvgIpc) is 3.15. The van der Waals surface area contributed by atoms with E-state index in [4.69, 9.17) is 4.74 Å². The third-order valence-corrected chi connectivity index (χ3v) is 4.88. The van der Waals surface area contributed by atoms with Crippen molar-refractivity contribution in [1.29, 1.82) is 0 Å². The number of carbonyl (C=O) groups excluding carboxylic acids is 1. The maximum absolute atomic E-state index is 13.1. The first-order chi connectivity index (χ1) is 13.9. The van der Waals surface area contributed by atoms with Crippen LogP contribution >= 0.6 is 0 Å². The van der Waals surface area contributed by atoms with Gasteiger partial charge < -0.3 is 14.6 Å². The average molecular weight is 401 g/mol. The summed E-state index contributed by atoms with van der Waals surface area (Å²) in [4.78, 5) is 16.7. The van der Waals surface area contributed by atoms with Crippen molar-refractivity contribution in [3.63, 3.8) is 0 Å². The molecule has 3 aromatic rings. The standard InChI is InChI=1S/C21H18F3N3O2/c22-21(23,24)16-9-5-4-8-15(16)10-25-20(28)19-17-12-29-18(11-27(17)13-26-19)14-6-2-1-3-7-14/h1-9,13,18H,10-12H2,(H,25,28). The van der Waals surface area contributed by atoms with E-state index in [9.17, 15) is 18.0 Å². The molecule has 0 spiro atoms. The molecule has 29 heavy (non-hydrogen) atoms. The molecule has 5 nitrogen and oxygen atoms in total. The molecule has 1 unspecified atom stereocenters. The minimum Gasteiger partial charge on any atom is -0.365 e. The number of amides is 1. The highest BCUT2D eigenvalue weighted by atomic mass is 19.4. The van der Waals surface area contributed by atoms with Crippen LogP contribution in [0.25, 0.3) is 0 Å². The Bertz CT molecular complexity index is 1020. The zero-order valence-electron chi connectivity index (χ0n) is 15.3. The number of hydrogen-bond acceptors (Lipinski definition) is 3. The van der Waals surface area contributed by atoms with Crippen molar-refractivity contribution >= 4 is 5.91 Å². The van der Waals surface area contributed by atoms with E-state index in [1.807, 2.05) is 34.9 Å². The Labute approximate surface area is 165 Å². The smallest absolute Gasteiger partial charge is 0.365 e. The van der Waals surface area contributed by atoms with Crippen molar-refractivity contribution < 1.29 is 22.7 Å². The molecule has 1 amide bonds. The van der Waals surface area contributed by atoms with E-state index in [2.05, 4.69) is 10.3 Å². The van der Waals surface area contributed by atoms with Gasteiger partial charge in [-0.05, 0) is 17.2 Å². The minimum absolute atomic E-state index is 0.00168. The first-order valence-electron chi connectivity index (χ1n) is 9.07. The molecule has 1 aromatic heterocycles. The van der Waals surface area contributed by atoms with Gasteiger partial charge in [0.2, 0.25) is 0 Å². The molecule has 8 heteroatoms. The summed E-state index contributed by atoms with van der Waals surface area (Å²) in [6.45, 7) is 0.465. The Morgan fingerprint density at radius 2 is 1.86 bits per heavy atom. The second-order valence-corrected chi connectivity index (χ2v) is 6.74. The zero-order chi connectivity index (χ0) is 20.4. The molecule has 0 saturated carbocycles. The lowest BCUT2D eigenvalue weighted by atomic mass is 10.1. The van der Waals surface area contributed by atoms with Crippen LogP contribution in [0.2, 0.25) is 0 Å². The molecular formula is C21H18F3N3O2. The highest BCUT2D eigenvalue weighted by molar-refractivity contribution is 5.93. The van der Waals surface area contributed by atoms with E-state index >= 15 is 0 Å². The molecule has 4 rings (SSSR count). The largest absolute Gasteiger partial charge is 0.416 e. The molecule has 0 radical (unpaired) electrons. The number of nitrogens with zero attached hydrogens (tertiary/aromatic N) is 2. The minimum atomic E-state index is -4.48. The maximum Gasteiger partial charge on any atom is 0.416 e. The van der Waals surface area contributed by atoms with Crippen molar-refractivity contribution in [2.45, 2.75) is 32.0 Å². The predicted octanol–water partition coefficient (Wildman–Crippen LogP) is 4.10. The molecule has 1 aliphatic heterocycles. The van der Waals surface area contributed by atoms with Gasteiger partial charge in [0.15, 0.2) is 5.69 Å². The van der Waals surface area contributed by atoms with Crippen LogP contribution in [0, 0.1) is 0 Å². The van der Waals surface area contributed by atoms with Crippen LogP contribution in [0.4, 0.5) is 13.2 Å². The van der Waals surface area contributed by atoms with Gasteiger partial charge in [0.25, 0.3) is 5.91 Å². The fraction of sp³-hybridized carbons (Fsp3) is 0.238. The van der Waals surface area contributed by atoms with Gasteiger partial charge in [-0.3, -0.25) is 4.79 Å². The zero-order valence-corrected chi connectivity index (χ0v) is 15.3. The number of aromatic nitrogens is 2. The monoisotopic (exact) mass is 401 g/mol. The van der Waals surface area contributed by atoms with Gasteiger partial charge in [-0.1, -0.05) is 48.5 Å². The Morgan fingerprint density at radius 1 is 1.14 bits per heavy atom. The van der Waals surface area contributed by atoms with Crippen molar-refractivity contribution in [2.24, 2.45) is 0 Å². The van der Waals surface area contributed by atoms with Gasteiger partial charge in [0.1, 0.15) is 6.10 Å². The molecule has 0 fully saturated rings. The van der Waals surface area contributed by atoms with Crippen molar-refractivity contribution in [3.8, 4) is 0 Å². The Balaban J connectivity index is 1.46. The summed E-state index contributed by atoms with van der Waals surface area (Å²) >= 11 is 0. The fourth-order valence-electron chi connectivity index (χ4n) is 3.40. The Kier molecular flexibility index (Phi) is 5.10. The van der Waals surface area contributed by atoms with Crippen molar-refractivity contribution in [3.05, 3.63) is 89.0 Å². The number of imidazole rings is 1. The van der Waals surface area contributed by atoms with Gasteiger partial charge in [-0.2, -0.15) is 13.2 Å². The summed E-state index contributed by atoms with van der Waals surface area (Å²) in [6, 6.07) is 14.9. The summed E-state index contributed by atoms with van der Waals surface area (Å²) in [5.74, 6) is -0.530. The second kappa shape index (κ2) is 7.71. The number of rotatable bonds is 4. The highest BCUT2D eigenvalue weighted by Gasteiger charge is 2.33. The van der Waals surface area contributed by atoms with Crippen LogP contribution in [0.15, 0.2) is 60.9 Å². The molecule has 0 saturated heterocycles. The molecule has 1 aliphatic rings. The van der Waals surface area contributed by atoms with Crippen molar-refractivity contribution in [1.82, 2.24) is 14.9 Å². The van der Waals surface area contributed by atoms with Gasteiger partial charge in [-0.25, -0.2) is 4.98 Å². The summed E-state index contributed by atoms with van der Waals surface area (Å²) in [5.41, 5.74) is 1.05. The lowest BCUT2D eigenvalue weighted by molar-refractivity contribution is -0.138. The number of hydrogen-bond donors (Lipinski definition) is 1. The van der Waals surface area contributed by atoms with E-state index in [1.165, 1.54) is 18.2 Å². The summed E-state index contributed by atoms with van der Waals surface area (Å²) < 4.78 is 47.0. The molecular weight excluding hydrogens is 383 g/mol. The fourth-order valence-corrected chi connectivity index (χ4v) is 3.40. The van der Waals surface area contributed by atoms with Crippen molar-refractivity contribution in [2.75, 3.05) is 0 Å². The number of carbonyl (C=O) groups is 1.